The van der Waals surface area contributed by atoms with Gasteiger partial charge in [-0.1, -0.05) is 35.8 Å². The summed E-state index contributed by atoms with van der Waals surface area (Å²) in [5.74, 6) is 1.16. The van der Waals surface area contributed by atoms with E-state index in [2.05, 4.69) is 22.4 Å². The molecule has 0 saturated heterocycles. The van der Waals surface area contributed by atoms with Gasteiger partial charge in [0.25, 0.3) is 0 Å². The van der Waals surface area contributed by atoms with Crippen molar-refractivity contribution < 1.29 is 4.52 Å². The number of hydrogen-bond acceptors (Lipinski definition) is 4. The van der Waals surface area contributed by atoms with E-state index < -0.39 is 0 Å². The zero-order chi connectivity index (χ0) is 12.1. The lowest BCUT2D eigenvalue weighted by atomic mass is 10.2. The van der Waals surface area contributed by atoms with Gasteiger partial charge >= 0.3 is 0 Å². The molecule has 0 aliphatic carbocycles. The number of hydrogen-bond donors (Lipinski definition) is 1. The Morgan fingerprint density at radius 2 is 2.29 bits per heavy atom. The fraction of sp³-hybridized carbons (Fsp3) is 0.333. The molecule has 0 fully saturated rings. The summed E-state index contributed by atoms with van der Waals surface area (Å²) in [7, 11) is 0. The second-order valence-electron chi connectivity index (χ2n) is 3.70. The summed E-state index contributed by atoms with van der Waals surface area (Å²) in [5.41, 5.74) is 0.864. The van der Waals surface area contributed by atoms with Gasteiger partial charge in [0, 0.05) is 10.6 Å². The zero-order valence-corrected chi connectivity index (χ0v) is 10.4. The molecule has 0 spiro atoms. The minimum absolute atomic E-state index is 0.570. The molecule has 1 N–H and O–H groups in total. The molecule has 0 atom stereocenters. The second-order valence-corrected chi connectivity index (χ2v) is 4.14. The van der Waals surface area contributed by atoms with E-state index in [1.807, 2.05) is 24.3 Å². The molecule has 1 heterocycles. The number of aromatic nitrogens is 2. The van der Waals surface area contributed by atoms with E-state index in [0.717, 1.165) is 18.5 Å². The summed E-state index contributed by atoms with van der Waals surface area (Å²) in [5, 5.41) is 7.79. The highest BCUT2D eigenvalue weighted by Gasteiger charge is 2.08. The lowest BCUT2D eigenvalue weighted by Crippen LogP contribution is -2.13. The van der Waals surface area contributed by atoms with Crippen molar-refractivity contribution in [2.24, 2.45) is 0 Å². The third-order valence-electron chi connectivity index (χ3n) is 2.25. The van der Waals surface area contributed by atoms with Crippen LogP contribution in [0.25, 0.3) is 11.4 Å². The van der Waals surface area contributed by atoms with Crippen LogP contribution in [0.15, 0.2) is 28.8 Å². The molecule has 0 radical (unpaired) electrons. The van der Waals surface area contributed by atoms with E-state index in [0.29, 0.717) is 23.3 Å². The molecular formula is C12H14ClN3O. The van der Waals surface area contributed by atoms with Crippen LogP contribution in [0.5, 0.6) is 0 Å². The van der Waals surface area contributed by atoms with Gasteiger partial charge in [0.2, 0.25) is 11.7 Å². The summed E-state index contributed by atoms with van der Waals surface area (Å²) in [6.07, 6.45) is 1.08. The normalized spacial score (nSPS) is 10.7. The number of benzene rings is 1. The van der Waals surface area contributed by atoms with Gasteiger partial charge in [0.1, 0.15) is 0 Å². The zero-order valence-electron chi connectivity index (χ0n) is 9.61. The van der Waals surface area contributed by atoms with Crippen LogP contribution in [-0.4, -0.2) is 16.7 Å². The number of nitrogens with one attached hydrogen (secondary N) is 1. The molecule has 1 aromatic carbocycles. The largest absolute Gasteiger partial charge is 0.338 e. The minimum atomic E-state index is 0.570. The lowest BCUT2D eigenvalue weighted by molar-refractivity contribution is 0.368. The van der Waals surface area contributed by atoms with Crippen molar-refractivity contribution in [3.05, 3.63) is 35.2 Å². The molecule has 5 heteroatoms. The molecule has 0 aliphatic rings. The third-order valence-corrected chi connectivity index (χ3v) is 2.49. The Balaban J connectivity index is 2.07. The molecule has 2 aromatic rings. The first-order valence-electron chi connectivity index (χ1n) is 5.59. The van der Waals surface area contributed by atoms with Gasteiger partial charge in [0.05, 0.1) is 6.54 Å². The molecular weight excluding hydrogens is 238 g/mol. The highest BCUT2D eigenvalue weighted by Crippen LogP contribution is 2.19. The number of halogens is 1. The van der Waals surface area contributed by atoms with Crippen LogP contribution < -0.4 is 5.32 Å². The first-order valence-corrected chi connectivity index (χ1v) is 5.96. The quantitative estimate of drug-likeness (QED) is 0.831. The van der Waals surface area contributed by atoms with Crippen molar-refractivity contribution in [1.29, 1.82) is 0 Å². The second kappa shape index (κ2) is 5.80. The maximum absolute atomic E-state index is 5.91. The standard InChI is InChI=1S/C12H14ClN3O/c1-2-6-14-8-11-15-12(16-17-11)9-4-3-5-10(13)7-9/h3-5,7,14H,2,6,8H2,1H3. The predicted molar refractivity (Wildman–Crippen MR) is 66.7 cm³/mol. The van der Waals surface area contributed by atoms with Gasteiger partial charge in [-0.2, -0.15) is 4.98 Å². The molecule has 0 aliphatic heterocycles. The van der Waals surface area contributed by atoms with Crippen LogP contribution in [-0.2, 0) is 6.54 Å². The Labute approximate surface area is 105 Å². The van der Waals surface area contributed by atoms with E-state index >= 15 is 0 Å². The molecule has 0 bridgehead atoms. The molecule has 0 saturated carbocycles. The molecule has 1 aromatic heterocycles. The van der Waals surface area contributed by atoms with Crippen molar-refractivity contribution in [2.75, 3.05) is 6.54 Å². The highest BCUT2D eigenvalue weighted by atomic mass is 35.5. The van der Waals surface area contributed by atoms with Gasteiger partial charge in [-0.15, -0.1) is 0 Å². The van der Waals surface area contributed by atoms with E-state index in [4.69, 9.17) is 16.1 Å². The average Bonchev–Trinajstić information content (AvgIpc) is 2.78. The van der Waals surface area contributed by atoms with E-state index in [-0.39, 0.29) is 0 Å². The molecule has 0 unspecified atom stereocenters. The van der Waals surface area contributed by atoms with Crippen LogP contribution in [0.2, 0.25) is 5.02 Å². The van der Waals surface area contributed by atoms with Crippen molar-refractivity contribution in [3.63, 3.8) is 0 Å². The van der Waals surface area contributed by atoms with Crippen LogP contribution in [0, 0.1) is 0 Å². The van der Waals surface area contributed by atoms with Crippen molar-refractivity contribution in [1.82, 2.24) is 15.5 Å². The molecule has 2 rings (SSSR count). The number of nitrogens with zero attached hydrogens (tertiary/aromatic N) is 2. The summed E-state index contributed by atoms with van der Waals surface area (Å²) >= 11 is 5.91. The molecule has 90 valence electrons. The summed E-state index contributed by atoms with van der Waals surface area (Å²) < 4.78 is 5.14. The predicted octanol–water partition coefficient (Wildman–Crippen LogP) is 2.89. The molecule has 0 amide bonds. The summed E-state index contributed by atoms with van der Waals surface area (Å²) in [4.78, 5) is 4.29. The summed E-state index contributed by atoms with van der Waals surface area (Å²) in [6, 6.07) is 7.40. The molecule has 4 nitrogen and oxygen atoms in total. The maximum atomic E-state index is 5.91. The summed E-state index contributed by atoms with van der Waals surface area (Å²) in [6.45, 7) is 3.65. The highest BCUT2D eigenvalue weighted by molar-refractivity contribution is 6.30. The molecule has 17 heavy (non-hydrogen) atoms. The van der Waals surface area contributed by atoms with Crippen LogP contribution in [0.4, 0.5) is 0 Å². The van der Waals surface area contributed by atoms with Gasteiger partial charge in [-0.3, -0.25) is 0 Å². The topological polar surface area (TPSA) is 51.0 Å². The first kappa shape index (κ1) is 12.1. The first-order chi connectivity index (χ1) is 8.29. The fourth-order valence-corrected chi connectivity index (χ4v) is 1.63. The van der Waals surface area contributed by atoms with Crippen LogP contribution in [0.1, 0.15) is 19.2 Å². The van der Waals surface area contributed by atoms with Gasteiger partial charge in [-0.25, -0.2) is 0 Å². The van der Waals surface area contributed by atoms with Crippen molar-refractivity contribution >= 4 is 11.6 Å². The van der Waals surface area contributed by atoms with Crippen LogP contribution in [0.3, 0.4) is 0 Å². The van der Waals surface area contributed by atoms with Gasteiger partial charge in [0.15, 0.2) is 0 Å². The average molecular weight is 252 g/mol. The van der Waals surface area contributed by atoms with Gasteiger partial charge in [-0.05, 0) is 25.1 Å². The Hall–Kier alpha value is -1.39. The van der Waals surface area contributed by atoms with E-state index in [1.165, 1.54) is 0 Å². The maximum Gasteiger partial charge on any atom is 0.240 e. The Morgan fingerprint density at radius 1 is 1.41 bits per heavy atom. The Bertz CT molecular complexity index is 484. The Morgan fingerprint density at radius 3 is 3.06 bits per heavy atom. The van der Waals surface area contributed by atoms with Gasteiger partial charge < -0.3 is 9.84 Å². The van der Waals surface area contributed by atoms with E-state index in [9.17, 15) is 0 Å². The van der Waals surface area contributed by atoms with Crippen LogP contribution >= 0.6 is 11.6 Å². The monoisotopic (exact) mass is 251 g/mol. The fourth-order valence-electron chi connectivity index (χ4n) is 1.44. The SMILES string of the molecule is CCCNCc1nc(-c2cccc(Cl)c2)no1. The van der Waals surface area contributed by atoms with Crippen molar-refractivity contribution in [2.45, 2.75) is 19.9 Å². The third kappa shape index (κ3) is 3.28. The lowest BCUT2D eigenvalue weighted by Gasteiger charge is -1.96. The van der Waals surface area contributed by atoms with Crippen molar-refractivity contribution in [3.8, 4) is 11.4 Å². The smallest absolute Gasteiger partial charge is 0.240 e. The number of rotatable bonds is 5. The minimum Gasteiger partial charge on any atom is -0.338 e. The van der Waals surface area contributed by atoms with E-state index in [1.54, 1.807) is 0 Å². The Kier molecular flexibility index (Phi) is 4.12.